The van der Waals surface area contributed by atoms with E-state index in [1.54, 1.807) is 0 Å². The van der Waals surface area contributed by atoms with Crippen LogP contribution in [-0.4, -0.2) is 66.4 Å². The third-order valence-corrected chi connectivity index (χ3v) is 6.83. The molecule has 1 saturated carbocycles. The van der Waals surface area contributed by atoms with Gasteiger partial charge in [0.2, 0.25) is 0 Å². The quantitative estimate of drug-likeness (QED) is 0.589. The van der Waals surface area contributed by atoms with Gasteiger partial charge in [-0.3, -0.25) is 0 Å². The first-order chi connectivity index (χ1) is 15.9. The van der Waals surface area contributed by atoms with Crippen LogP contribution in [0.4, 0.5) is 21.7 Å². The fourth-order valence-electron chi connectivity index (χ4n) is 4.37. The van der Waals surface area contributed by atoms with Crippen LogP contribution in [0.3, 0.4) is 0 Å². The summed E-state index contributed by atoms with van der Waals surface area (Å²) in [6, 6.07) is 7.83. The van der Waals surface area contributed by atoms with Crippen molar-refractivity contribution in [2.24, 2.45) is 0 Å². The molecule has 0 radical (unpaired) electrons. The molecule has 174 valence electrons. The Hall–Kier alpha value is -2.71. The van der Waals surface area contributed by atoms with E-state index in [1.807, 2.05) is 36.3 Å². The summed E-state index contributed by atoms with van der Waals surface area (Å²) in [5, 5.41) is 10.6. The van der Waals surface area contributed by atoms with Crippen LogP contribution in [-0.2, 0) is 5.67 Å². The van der Waals surface area contributed by atoms with Gasteiger partial charge in [-0.2, -0.15) is 0 Å². The number of hydrogen-bond donors (Lipinski definition) is 1. The zero-order valence-corrected chi connectivity index (χ0v) is 19.7. The smallest absolute Gasteiger partial charge is 0.170 e. The van der Waals surface area contributed by atoms with Crippen LogP contribution < -0.4 is 14.7 Å². The minimum absolute atomic E-state index is 0.0354. The zero-order valence-electron chi connectivity index (χ0n) is 18.9. The number of alkyl halides is 1. The minimum Gasteiger partial charge on any atom is -0.395 e. The van der Waals surface area contributed by atoms with E-state index < -0.39 is 5.67 Å². The van der Waals surface area contributed by atoms with Crippen LogP contribution in [0.2, 0.25) is 5.02 Å². The lowest BCUT2D eigenvalue weighted by Gasteiger charge is -2.37. The van der Waals surface area contributed by atoms with Gasteiger partial charge in [0.15, 0.2) is 11.5 Å². The maximum absolute atomic E-state index is 15.0. The standard InChI is InChI=1S/C24H28ClFN6O/c1-16-4-3-7-27-21(16)31-8-10-32(11-9-31)22-18-14-17(30(2)12-13-33)15-19(25)20(18)28-23(29-22)24(26)5-6-24/h3-4,7,14-15,33H,5-6,8-13H2,1-2H3. The Morgan fingerprint density at radius 2 is 1.82 bits per heavy atom. The molecule has 0 spiro atoms. The Morgan fingerprint density at radius 3 is 2.45 bits per heavy atom. The molecule has 0 unspecified atom stereocenters. The maximum atomic E-state index is 15.0. The average Bonchev–Trinajstić information content (AvgIpc) is 3.57. The second-order valence-electron chi connectivity index (χ2n) is 8.92. The molecule has 5 rings (SSSR count). The Kier molecular flexibility index (Phi) is 5.74. The highest BCUT2D eigenvalue weighted by molar-refractivity contribution is 6.35. The van der Waals surface area contributed by atoms with Crippen LogP contribution in [0, 0.1) is 6.92 Å². The lowest BCUT2D eigenvalue weighted by atomic mass is 10.1. The summed E-state index contributed by atoms with van der Waals surface area (Å²) in [4.78, 5) is 20.3. The van der Waals surface area contributed by atoms with Crippen LogP contribution in [0.1, 0.15) is 24.2 Å². The van der Waals surface area contributed by atoms with E-state index in [0.717, 1.165) is 54.5 Å². The van der Waals surface area contributed by atoms with E-state index in [-0.39, 0.29) is 12.4 Å². The summed E-state index contributed by atoms with van der Waals surface area (Å²) < 4.78 is 15.0. The molecular formula is C24H28ClFN6O. The summed E-state index contributed by atoms with van der Waals surface area (Å²) >= 11 is 6.64. The number of pyridine rings is 1. The summed E-state index contributed by atoms with van der Waals surface area (Å²) in [7, 11) is 1.90. The number of halogens is 2. The lowest BCUT2D eigenvalue weighted by molar-refractivity contribution is 0.301. The van der Waals surface area contributed by atoms with Gasteiger partial charge < -0.3 is 19.8 Å². The second kappa shape index (κ2) is 8.57. The first kappa shape index (κ1) is 22.1. The Balaban J connectivity index is 1.52. The predicted molar refractivity (Wildman–Crippen MR) is 130 cm³/mol. The van der Waals surface area contributed by atoms with E-state index in [9.17, 15) is 5.11 Å². The Bertz CT molecular complexity index is 1180. The third kappa shape index (κ3) is 4.17. The number of aliphatic hydroxyl groups excluding tert-OH is 1. The molecule has 0 bridgehead atoms. The molecule has 3 heterocycles. The van der Waals surface area contributed by atoms with Gasteiger partial charge in [0.1, 0.15) is 11.6 Å². The number of hydrogen-bond acceptors (Lipinski definition) is 7. The van der Waals surface area contributed by atoms with E-state index >= 15 is 4.39 Å². The third-order valence-electron chi connectivity index (χ3n) is 6.55. The number of anilines is 3. The largest absolute Gasteiger partial charge is 0.395 e. The van der Waals surface area contributed by atoms with Crippen LogP contribution in [0.15, 0.2) is 30.5 Å². The number of nitrogens with zero attached hydrogens (tertiary/aromatic N) is 6. The first-order valence-electron chi connectivity index (χ1n) is 11.3. The van der Waals surface area contributed by atoms with E-state index in [4.69, 9.17) is 16.6 Å². The fourth-order valence-corrected chi connectivity index (χ4v) is 4.63. The summed E-state index contributed by atoms with van der Waals surface area (Å²) in [5.74, 6) is 1.95. The number of benzene rings is 1. The van der Waals surface area contributed by atoms with Gasteiger partial charge in [-0.1, -0.05) is 17.7 Å². The fraction of sp³-hybridized carbons (Fsp3) is 0.458. The number of aryl methyl sites for hydroxylation is 1. The van der Waals surface area contributed by atoms with Crippen LogP contribution >= 0.6 is 11.6 Å². The molecule has 2 fully saturated rings. The Morgan fingerprint density at radius 1 is 1.12 bits per heavy atom. The van der Waals surface area contributed by atoms with Gasteiger partial charge in [0.25, 0.3) is 0 Å². The van der Waals surface area contributed by atoms with Crippen LogP contribution in [0.5, 0.6) is 0 Å². The van der Waals surface area contributed by atoms with Gasteiger partial charge in [-0.05, 0) is 43.5 Å². The first-order valence-corrected chi connectivity index (χ1v) is 11.7. The van der Waals surface area contributed by atoms with Crippen molar-refractivity contribution in [2.75, 3.05) is 61.1 Å². The number of piperazine rings is 1. The van der Waals surface area contributed by atoms with Crippen molar-refractivity contribution in [3.8, 4) is 0 Å². The molecule has 0 amide bonds. The summed E-state index contributed by atoms with van der Waals surface area (Å²) in [6.45, 7) is 5.63. The number of rotatable bonds is 6. The van der Waals surface area contributed by atoms with E-state index in [0.29, 0.717) is 29.9 Å². The maximum Gasteiger partial charge on any atom is 0.170 e. The van der Waals surface area contributed by atoms with Crippen LogP contribution in [0.25, 0.3) is 10.9 Å². The molecule has 1 N–H and O–H groups in total. The molecule has 3 aromatic rings. The topological polar surface area (TPSA) is 68.6 Å². The number of fused-ring (bicyclic) bond motifs is 1. The van der Waals surface area contributed by atoms with Crippen molar-refractivity contribution in [1.82, 2.24) is 15.0 Å². The molecule has 33 heavy (non-hydrogen) atoms. The predicted octanol–water partition coefficient (Wildman–Crippen LogP) is 3.70. The molecule has 9 heteroatoms. The van der Waals surface area contributed by atoms with Crippen molar-refractivity contribution in [3.05, 3.63) is 46.9 Å². The van der Waals surface area contributed by atoms with Crippen molar-refractivity contribution in [3.63, 3.8) is 0 Å². The molecule has 2 aliphatic rings. The molecule has 2 aromatic heterocycles. The summed E-state index contributed by atoms with van der Waals surface area (Å²) in [5.41, 5.74) is 1.14. The van der Waals surface area contributed by atoms with Crippen molar-refractivity contribution >= 4 is 39.8 Å². The molecule has 1 aromatic carbocycles. The number of aromatic nitrogens is 3. The average molecular weight is 471 g/mol. The van der Waals surface area contributed by atoms with Gasteiger partial charge in [-0.25, -0.2) is 19.3 Å². The van der Waals surface area contributed by atoms with Gasteiger partial charge in [-0.15, -0.1) is 0 Å². The van der Waals surface area contributed by atoms with Crippen molar-refractivity contribution in [1.29, 1.82) is 0 Å². The Labute approximate surface area is 197 Å². The molecule has 7 nitrogen and oxygen atoms in total. The highest BCUT2D eigenvalue weighted by Crippen LogP contribution is 2.49. The number of aliphatic hydroxyl groups is 1. The highest BCUT2D eigenvalue weighted by Gasteiger charge is 2.48. The second-order valence-corrected chi connectivity index (χ2v) is 9.33. The normalized spacial score (nSPS) is 17.5. The van der Waals surface area contributed by atoms with Gasteiger partial charge in [0, 0.05) is 57.0 Å². The highest BCUT2D eigenvalue weighted by atomic mass is 35.5. The molecular weight excluding hydrogens is 443 g/mol. The molecule has 1 aliphatic carbocycles. The molecule has 0 atom stereocenters. The molecule has 1 aliphatic heterocycles. The van der Waals surface area contributed by atoms with Crippen molar-refractivity contribution in [2.45, 2.75) is 25.4 Å². The van der Waals surface area contributed by atoms with Gasteiger partial charge >= 0.3 is 0 Å². The lowest BCUT2D eigenvalue weighted by Crippen LogP contribution is -2.47. The van der Waals surface area contributed by atoms with Crippen molar-refractivity contribution < 1.29 is 9.50 Å². The zero-order chi connectivity index (χ0) is 23.2. The minimum atomic E-state index is -1.45. The molecule has 1 saturated heterocycles. The SMILES string of the molecule is Cc1cccnc1N1CCN(c2nc(C3(F)CC3)nc3c(Cl)cc(N(C)CCO)cc23)CC1. The summed E-state index contributed by atoms with van der Waals surface area (Å²) in [6.07, 6.45) is 2.71. The number of likely N-dealkylation sites (N-methyl/N-ethyl adjacent to an activating group) is 1. The van der Waals surface area contributed by atoms with E-state index in [2.05, 4.69) is 32.8 Å². The monoisotopic (exact) mass is 470 g/mol. The van der Waals surface area contributed by atoms with E-state index in [1.165, 1.54) is 0 Å². The van der Waals surface area contributed by atoms with Gasteiger partial charge in [0.05, 0.1) is 17.1 Å².